The van der Waals surface area contributed by atoms with Crippen LogP contribution in [0.1, 0.15) is 0 Å². The Kier molecular flexibility index (Phi) is 4.77. The summed E-state index contributed by atoms with van der Waals surface area (Å²) in [6, 6.07) is 17.5. The number of alkyl halides is 3. The van der Waals surface area contributed by atoms with Crippen LogP contribution in [0.5, 0.6) is 5.75 Å². The topological polar surface area (TPSA) is 61.2 Å². The Morgan fingerprint density at radius 1 is 0.900 bits per heavy atom. The number of benzene rings is 3. The molecule has 3 aromatic carbocycles. The Morgan fingerprint density at radius 3 is 2.13 bits per heavy atom. The van der Waals surface area contributed by atoms with Gasteiger partial charge in [0.2, 0.25) is 0 Å². The first-order valence-corrected chi connectivity index (χ1v) is 10.6. The predicted octanol–water partition coefficient (Wildman–Crippen LogP) is 4.99. The maximum atomic E-state index is 12.3. The van der Waals surface area contributed by atoms with Gasteiger partial charge in [0.1, 0.15) is 12.1 Å². The van der Waals surface area contributed by atoms with Crippen molar-refractivity contribution in [2.45, 2.75) is 11.3 Å². The highest BCUT2D eigenvalue weighted by molar-refractivity contribution is 7.90. The first-order chi connectivity index (χ1) is 14.1. The zero-order valence-electron chi connectivity index (χ0n) is 15.6. The molecule has 9 heteroatoms. The third kappa shape index (κ3) is 4.16. The number of ether oxygens (including phenoxy) is 1. The first kappa shape index (κ1) is 20.0. The van der Waals surface area contributed by atoms with Crippen LogP contribution in [0, 0.1) is 0 Å². The minimum Gasteiger partial charge on any atom is -0.406 e. The molecule has 154 valence electrons. The van der Waals surface area contributed by atoms with E-state index in [4.69, 9.17) is 0 Å². The van der Waals surface area contributed by atoms with Crippen LogP contribution in [0.25, 0.3) is 27.8 Å². The number of nitrogens with zero attached hydrogens (tertiary/aromatic N) is 2. The lowest BCUT2D eigenvalue weighted by molar-refractivity contribution is -0.274. The normalized spacial score (nSPS) is 12.3. The number of rotatable bonds is 4. The average Bonchev–Trinajstić information content (AvgIpc) is 3.10. The molecule has 0 N–H and O–H groups in total. The average molecular weight is 432 g/mol. The Bertz CT molecular complexity index is 1310. The van der Waals surface area contributed by atoms with Gasteiger partial charge in [0, 0.05) is 11.9 Å². The van der Waals surface area contributed by atoms with E-state index in [9.17, 15) is 21.6 Å². The third-order valence-electron chi connectivity index (χ3n) is 4.51. The van der Waals surface area contributed by atoms with Crippen LogP contribution in [0.15, 0.2) is 78.0 Å². The van der Waals surface area contributed by atoms with Gasteiger partial charge in [-0.25, -0.2) is 13.4 Å². The fraction of sp³-hybridized carbons (Fsp3) is 0.0952. The second-order valence-corrected chi connectivity index (χ2v) is 8.67. The first-order valence-electron chi connectivity index (χ1n) is 8.74. The molecule has 1 aromatic heterocycles. The fourth-order valence-electron chi connectivity index (χ4n) is 3.10. The highest BCUT2D eigenvalue weighted by atomic mass is 32.2. The quantitative estimate of drug-likeness (QED) is 0.456. The van der Waals surface area contributed by atoms with E-state index in [1.807, 2.05) is 22.8 Å². The lowest BCUT2D eigenvalue weighted by Gasteiger charge is -2.10. The molecular formula is C21H15F3N2O3S. The van der Waals surface area contributed by atoms with Crippen molar-refractivity contribution in [1.82, 2.24) is 9.55 Å². The van der Waals surface area contributed by atoms with E-state index in [-0.39, 0.29) is 10.6 Å². The van der Waals surface area contributed by atoms with Crippen molar-refractivity contribution in [2.75, 3.05) is 6.26 Å². The molecule has 0 saturated heterocycles. The molecule has 0 fully saturated rings. The highest BCUT2D eigenvalue weighted by Gasteiger charge is 2.30. The van der Waals surface area contributed by atoms with Crippen LogP contribution < -0.4 is 4.74 Å². The molecule has 4 aromatic rings. The number of halogens is 3. The van der Waals surface area contributed by atoms with Crippen molar-refractivity contribution in [2.24, 2.45) is 0 Å². The summed E-state index contributed by atoms with van der Waals surface area (Å²) in [6.07, 6.45) is -1.96. The summed E-state index contributed by atoms with van der Waals surface area (Å²) in [4.78, 5) is 4.58. The summed E-state index contributed by atoms with van der Waals surface area (Å²) in [6.45, 7) is 0. The number of fused-ring (bicyclic) bond motifs is 1. The summed E-state index contributed by atoms with van der Waals surface area (Å²) in [5.41, 5.74) is 3.73. The molecule has 0 spiro atoms. The minimum atomic E-state index is -4.74. The monoisotopic (exact) mass is 432 g/mol. The van der Waals surface area contributed by atoms with Gasteiger partial charge < -0.3 is 4.74 Å². The second kappa shape index (κ2) is 7.17. The van der Waals surface area contributed by atoms with Crippen molar-refractivity contribution in [3.8, 4) is 22.6 Å². The lowest BCUT2D eigenvalue weighted by atomic mass is 10.0. The molecule has 0 aliphatic rings. The zero-order chi connectivity index (χ0) is 21.5. The van der Waals surface area contributed by atoms with E-state index in [2.05, 4.69) is 9.72 Å². The molecule has 0 aliphatic carbocycles. The summed E-state index contributed by atoms with van der Waals surface area (Å²) in [5, 5.41) is 0. The summed E-state index contributed by atoms with van der Waals surface area (Å²) in [7, 11) is -3.29. The standard InChI is InChI=1S/C21H15F3N2O3S/c1-30(27,28)18-9-5-16(6-10-18)26-13-25-19-11-4-15(12-20(19)26)14-2-7-17(8-3-14)29-21(22,23)24/h2-13H,1H3. The molecular weight excluding hydrogens is 417 g/mol. The van der Waals surface area contributed by atoms with Crippen LogP contribution in [-0.4, -0.2) is 30.6 Å². The maximum Gasteiger partial charge on any atom is 0.573 e. The SMILES string of the molecule is CS(=O)(=O)c1ccc(-n2cnc3ccc(-c4ccc(OC(F)(F)F)cc4)cc32)cc1. The number of aromatic nitrogens is 2. The van der Waals surface area contributed by atoms with Crippen LogP contribution in [0.4, 0.5) is 13.2 Å². The summed E-state index contributed by atoms with van der Waals surface area (Å²) < 4.78 is 66.0. The van der Waals surface area contributed by atoms with Crippen LogP contribution in [-0.2, 0) is 9.84 Å². The number of hydrogen-bond donors (Lipinski definition) is 0. The predicted molar refractivity (Wildman–Crippen MR) is 106 cm³/mol. The molecule has 1 heterocycles. The Balaban J connectivity index is 1.70. The van der Waals surface area contributed by atoms with Gasteiger partial charge in [0.05, 0.1) is 15.9 Å². The van der Waals surface area contributed by atoms with Gasteiger partial charge in [-0.2, -0.15) is 0 Å². The lowest BCUT2D eigenvalue weighted by Crippen LogP contribution is -2.16. The molecule has 0 radical (unpaired) electrons. The van der Waals surface area contributed by atoms with Gasteiger partial charge in [0.25, 0.3) is 0 Å². The molecule has 0 saturated carbocycles. The van der Waals surface area contributed by atoms with Crippen LogP contribution >= 0.6 is 0 Å². The molecule has 0 bridgehead atoms. The maximum absolute atomic E-state index is 12.3. The van der Waals surface area contributed by atoms with Crippen molar-refractivity contribution in [3.05, 3.63) is 73.1 Å². The second-order valence-electron chi connectivity index (χ2n) is 6.66. The van der Waals surface area contributed by atoms with E-state index in [1.165, 1.54) is 24.3 Å². The van der Waals surface area contributed by atoms with E-state index < -0.39 is 16.2 Å². The van der Waals surface area contributed by atoms with E-state index >= 15 is 0 Å². The number of imidazole rings is 1. The summed E-state index contributed by atoms with van der Waals surface area (Å²) >= 11 is 0. The van der Waals surface area contributed by atoms with Gasteiger partial charge in [-0.3, -0.25) is 4.57 Å². The van der Waals surface area contributed by atoms with Crippen molar-refractivity contribution in [3.63, 3.8) is 0 Å². The molecule has 0 unspecified atom stereocenters. The highest BCUT2D eigenvalue weighted by Crippen LogP contribution is 2.29. The molecule has 4 rings (SSSR count). The largest absolute Gasteiger partial charge is 0.573 e. The number of sulfone groups is 1. The van der Waals surface area contributed by atoms with Crippen molar-refractivity contribution >= 4 is 20.9 Å². The summed E-state index contributed by atoms with van der Waals surface area (Å²) in [5.74, 6) is -0.289. The van der Waals surface area contributed by atoms with Crippen molar-refractivity contribution < 1.29 is 26.3 Å². The zero-order valence-corrected chi connectivity index (χ0v) is 16.4. The number of hydrogen-bond acceptors (Lipinski definition) is 4. The Morgan fingerprint density at radius 2 is 1.53 bits per heavy atom. The van der Waals surface area contributed by atoms with Gasteiger partial charge in [-0.05, 0) is 59.7 Å². The third-order valence-corrected chi connectivity index (χ3v) is 5.64. The molecule has 0 atom stereocenters. The van der Waals surface area contributed by atoms with Crippen molar-refractivity contribution in [1.29, 1.82) is 0 Å². The van der Waals surface area contributed by atoms with Gasteiger partial charge in [-0.15, -0.1) is 13.2 Å². The molecule has 0 amide bonds. The van der Waals surface area contributed by atoms with Crippen LogP contribution in [0.3, 0.4) is 0 Å². The van der Waals surface area contributed by atoms with Gasteiger partial charge in [-0.1, -0.05) is 18.2 Å². The Hall–Kier alpha value is -3.33. The molecule has 0 aliphatic heterocycles. The van der Waals surface area contributed by atoms with Crippen LogP contribution in [0.2, 0.25) is 0 Å². The fourth-order valence-corrected chi connectivity index (χ4v) is 3.73. The molecule has 30 heavy (non-hydrogen) atoms. The van der Waals surface area contributed by atoms with Gasteiger partial charge in [0.15, 0.2) is 9.84 Å². The Labute approximate surface area is 170 Å². The van der Waals surface area contributed by atoms with E-state index in [0.717, 1.165) is 28.5 Å². The van der Waals surface area contributed by atoms with E-state index in [0.29, 0.717) is 5.56 Å². The molecule has 5 nitrogen and oxygen atoms in total. The van der Waals surface area contributed by atoms with E-state index in [1.54, 1.807) is 30.6 Å². The minimum absolute atomic E-state index is 0.220. The van der Waals surface area contributed by atoms with Gasteiger partial charge >= 0.3 is 6.36 Å². The smallest absolute Gasteiger partial charge is 0.406 e.